The van der Waals surface area contributed by atoms with E-state index in [0.717, 1.165) is 19.5 Å². The lowest BCUT2D eigenvalue weighted by atomic mass is 10.1. The minimum atomic E-state index is 0.515. The maximum atomic E-state index is 8.88. The Morgan fingerprint density at radius 2 is 1.84 bits per heavy atom. The van der Waals surface area contributed by atoms with Gasteiger partial charge in [-0.25, -0.2) is 0 Å². The zero-order chi connectivity index (χ0) is 13.8. The van der Waals surface area contributed by atoms with E-state index in [2.05, 4.69) is 41.8 Å². The molecule has 0 radical (unpaired) electrons. The Morgan fingerprint density at radius 1 is 1.11 bits per heavy atom. The van der Waals surface area contributed by atoms with Gasteiger partial charge in [0.15, 0.2) is 0 Å². The van der Waals surface area contributed by atoms with Crippen LogP contribution < -0.4 is 0 Å². The molecule has 0 aliphatic rings. The summed E-state index contributed by atoms with van der Waals surface area (Å²) >= 11 is 0. The van der Waals surface area contributed by atoms with Gasteiger partial charge in [-0.2, -0.15) is 5.26 Å². The van der Waals surface area contributed by atoms with Crippen LogP contribution in [0.4, 0.5) is 0 Å². The summed E-state index contributed by atoms with van der Waals surface area (Å²) < 4.78 is 0. The minimum Gasteiger partial charge on any atom is -0.286 e. The molecule has 1 rings (SSSR count). The summed E-state index contributed by atoms with van der Waals surface area (Å²) in [6.45, 7) is 6.14. The maximum Gasteiger partial charge on any atom is 0.0868 e. The van der Waals surface area contributed by atoms with Crippen LogP contribution in [0.1, 0.15) is 37.7 Å². The number of rotatable bonds is 10. The molecule has 0 fully saturated rings. The molecule has 2 heteroatoms. The third-order valence-electron chi connectivity index (χ3n) is 3.18. The molecule has 0 aliphatic carbocycles. The molecule has 0 amide bonds. The average molecular weight is 256 g/mol. The summed E-state index contributed by atoms with van der Waals surface area (Å²) in [6, 6.07) is 12.6. The summed E-state index contributed by atoms with van der Waals surface area (Å²) in [5.74, 6) is 0. The van der Waals surface area contributed by atoms with Crippen LogP contribution in [0.3, 0.4) is 0 Å². The first-order valence-electron chi connectivity index (χ1n) is 7.11. The number of nitriles is 1. The Balaban J connectivity index is 2.25. The molecule has 0 spiro atoms. The van der Waals surface area contributed by atoms with Gasteiger partial charge in [0.25, 0.3) is 0 Å². The molecule has 102 valence electrons. The van der Waals surface area contributed by atoms with Gasteiger partial charge in [-0.05, 0) is 31.4 Å². The van der Waals surface area contributed by atoms with Crippen LogP contribution in [-0.2, 0) is 6.54 Å². The number of hydrogen-bond donors (Lipinski definition) is 0. The zero-order valence-electron chi connectivity index (χ0n) is 11.7. The maximum absolute atomic E-state index is 8.88. The van der Waals surface area contributed by atoms with Crippen molar-refractivity contribution in [2.45, 2.75) is 38.6 Å². The number of nitrogens with zero attached hydrogens (tertiary/aromatic N) is 2. The minimum absolute atomic E-state index is 0.515. The lowest BCUT2D eigenvalue weighted by Crippen LogP contribution is -2.24. The molecule has 0 saturated heterocycles. The third kappa shape index (κ3) is 7.43. The second-order valence-electron chi connectivity index (χ2n) is 4.85. The van der Waals surface area contributed by atoms with Crippen molar-refractivity contribution >= 4 is 0 Å². The van der Waals surface area contributed by atoms with Gasteiger partial charge in [0.2, 0.25) is 0 Å². The van der Waals surface area contributed by atoms with E-state index in [9.17, 15) is 0 Å². The van der Waals surface area contributed by atoms with Crippen molar-refractivity contribution < 1.29 is 0 Å². The van der Waals surface area contributed by atoms with E-state index in [0.29, 0.717) is 6.54 Å². The van der Waals surface area contributed by atoms with Crippen LogP contribution in [0.5, 0.6) is 0 Å². The van der Waals surface area contributed by atoms with E-state index in [1.54, 1.807) is 0 Å². The van der Waals surface area contributed by atoms with Crippen molar-refractivity contribution in [2.75, 3.05) is 13.1 Å². The molecule has 0 saturated carbocycles. The molecule has 19 heavy (non-hydrogen) atoms. The van der Waals surface area contributed by atoms with Gasteiger partial charge in [0.05, 0.1) is 12.6 Å². The van der Waals surface area contributed by atoms with Gasteiger partial charge in [-0.3, -0.25) is 4.90 Å². The van der Waals surface area contributed by atoms with Crippen molar-refractivity contribution in [3.8, 4) is 6.07 Å². The van der Waals surface area contributed by atoms with E-state index >= 15 is 0 Å². The van der Waals surface area contributed by atoms with Crippen molar-refractivity contribution in [3.05, 3.63) is 48.6 Å². The van der Waals surface area contributed by atoms with Gasteiger partial charge in [0.1, 0.15) is 0 Å². The Labute approximate surface area is 117 Å². The molecule has 0 N–H and O–H groups in total. The smallest absolute Gasteiger partial charge is 0.0868 e. The normalized spacial score (nSPS) is 10.3. The molecular weight excluding hydrogens is 232 g/mol. The van der Waals surface area contributed by atoms with Gasteiger partial charge in [-0.15, -0.1) is 6.58 Å². The van der Waals surface area contributed by atoms with E-state index in [1.807, 2.05) is 12.1 Å². The Bertz CT molecular complexity index is 378. The second-order valence-corrected chi connectivity index (χ2v) is 4.85. The first-order valence-corrected chi connectivity index (χ1v) is 7.11. The van der Waals surface area contributed by atoms with E-state index in [-0.39, 0.29) is 0 Å². The standard InChI is InChI=1S/C17H24N2/c1-2-3-4-5-6-10-14-19(15-13-18)16-17-11-8-7-9-12-17/h2,7-9,11-12H,1,3-6,10,14-16H2. The fourth-order valence-corrected chi connectivity index (χ4v) is 2.13. The lowest BCUT2D eigenvalue weighted by Gasteiger charge is -2.19. The van der Waals surface area contributed by atoms with Crippen molar-refractivity contribution in [3.63, 3.8) is 0 Å². The predicted molar refractivity (Wildman–Crippen MR) is 80.6 cm³/mol. The molecule has 0 aliphatic heterocycles. The van der Waals surface area contributed by atoms with Gasteiger partial charge in [-0.1, -0.05) is 49.2 Å². The summed E-state index contributed by atoms with van der Waals surface area (Å²) in [6.07, 6.45) is 8.01. The Kier molecular flexibility index (Phi) is 8.42. The van der Waals surface area contributed by atoms with Gasteiger partial charge < -0.3 is 0 Å². The van der Waals surface area contributed by atoms with E-state index in [4.69, 9.17) is 5.26 Å². The fraction of sp³-hybridized carbons (Fsp3) is 0.471. The predicted octanol–water partition coefficient (Wildman–Crippen LogP) is 4.15. The number of hydrogen-bond acceptors (Lipinski definition) is 2. The first-order chi connectivity index (χ1) is 9.36. The van der Waals surface area contributed by atoms with Crippen LogP contribution in [-0.4, -0.2) is 18.0 Å². The summed E-state index contributed by atoms with van der Waals surface area (Å²) in [5.41, 5.74) is 1.28. The van der Waals surface area contributed by atoms with Crippen LogP contribution in [0.25, 0.3) is 0 Å². The number of allylic oxidation sites excluding steroid dienone is 1. The highest BCUT2D eigenvalue weighted by Crippen LogP contribution is 2.08. The third-order valence-corrected chi connectivity index (χ3v) is 3.18. The molecule has 1 aromatic rings. The monoisotopic (exact) mass is 256 g/mol. The molecule has 0 heterocycles. The molecule has 0 bridgehead atoms. The van der Waals surface area contributed by atoms with E-state index < -0.39 is 0 Å². The Morgan fingerprint density at radius 3 is 2.53 bits per heavy atom. The quantitative estimate of drug-likeness (QED) is 0.357. The Hall–Kier alpha value is -1.59. The van der Waals surface area contributed by atoms with Gasteiger partial charge in [0, 0.05) is 6.54 Å². The summed E-state index contributed by atoms with van der Waals surface area (Å²) in [4.78, 5) is 2.23. The zero-order valence-corrected chi connectivity index (χ0v) is 11.7. The highest BCUT2D eigenvalue weighted by molar-refractivity contribution is 5.14. The van der Waals surface area contributed by atoms with E-state index in [1.165, 1.54) is 31.2 Å². The van der Waals surface area contributed by atoms with Crippen LogP contribution in [0, 0.1) is 11.3 Å². The number of unbranched alkanes of at least 4 members (excludes halogenated alkanes) is 4. The fourth-order valence-electron chi connectivity index (χ4n) is 2.13. The highest BCUT2D eigenvalue weighted by atomic mass is 15.1. The van der Waals surface area contributed by atoms with Crippen LogP contribution in [0.15, 0.2) is 43.0 Å². The molecular formula is C17H24N2. The molecule has 0 unspecified atom stereocenters. The van der Waals surface area contributed by atoms with Crippen LogP contribution in [0.2, 0.25) is 0 Å². The average Bonchev–Trinajstić information content (AvgIpc) is 2.44. The molecule has 0 atom stereocenters. The molecule has 2 nitrogen and oxygen atoms in total. The summed E-state index contributed by atoms with van der Waals surface area (Å²) in [7, 11) is 0. The van der Waals surface area contributed by atoms with Gasteiger partial charge >= 0.3 is 0 Å². The van der Waals surface area contributed by atoms with Crippen molar-refractivity contribution in [2.24, 2.45) is 0 Å². The molecule has 1 aromatic carbocycles. The van der Waals surface area contributed by atoms with Crippen molar-refractivity contribution in [1.82, 2.24) is 4.90 Å². The second kappa shape index (κ2) is 10.3. The highest BCUT2D eigenvalue weighted by Gasteiger charge is 2.04. The molecule has 0 aromatic heterocycles. The largest absolute Gasteiger partial charge is 0.286 e. The number of benzene rings is 1. The topological polar surface area (TPSA) is 27.0 Å². The first kappa shape index (κ1) is 15.5. The van der Waals surface area contributed by atoms with Crippen molar-refractivity contribution in [1.29, 1.82) is 5.26 Å². The van der Waals surface area contributed by atoms with Crippen LogP contribution >= 0.6 is 0 Å². The SMILES string of the molecule is C=CCCCCCCN(CC#N)Cc1ccccc1. The lowest BCUT2D eigenvalue weighted by molar-refractivity contribution is 0.289. The summed E-state index contributed by atoms with van der Waals surface area (Å²) in [5, 5.41) is 8.88.